The molecule has 1 saturated carbocycles. The van der Waals surface area contributed by atoms with Crippen molar-refractivity contribution in [1.82, 2.24) is 9.62 Å². The summed E-state index contributed by atoms with van der Waals surface area (Å²) in [5.74, 6) is 0.721. The Morgan fingerprint density at radius 1 is 1.09 bits per heavy atom. The largest absolute Gasteiger partial charge is 0.356 e. The summed E-state index contributed by atoms with van der Waals surface area (Å²) in [5.41, 5.74) is 0. The van der Waals surface area contributed by atoms with Crippen LogP contribution in [0.15, 0.2) is 0 Å². The molecule has 0 bridgehead atoms. The number of hydrogen-bond donors (Lipinski definition) is 1. The zero-order valence-corrected chi connectivity index (χ0v) is 15.2. The summed E-state index contributed by atoms with van der Waals surface area (Å²) < 4.78 is 25.4. The Balaban J connectivity index is 1.74. The Morgan fingerprint density at radius 2 is 1.78 bits per heavy atom. The summed E-state index contributed by atoms with van der Waals surface area (Å²) in [6.07, 6.45) is 10.6. The normalized spacial score (nSPS) is 25.0. The smallest absolute Gasteiger partial charge is 0.224 e. The summed E-state index contributed by atoms with van der Waals surface area (Å²) in [5, 5.41) is 3.05. The standard InChI is InChI=1S/C17H32N2O3S/c1-2-23(21,22)19-13-7-10-16(14-19)17(20)18-12-11-15-8-5-3-4-6-9-15/h15-16H,2-14H2,1H3,(H,18,20). The quantitative estimate of drug-likeness (QED) is 0.753. The minimum absolute atomic E-state index is 0.0367. The molecule has 1 aliphatic heterocycles. The SMILES string of the molecule is CCS(=O)(=O)N1CCCC(C(=O)NCCC2CCCCCC2)C1. The van der Waals surface area contributed by atoms with Gasteiger partial charge in [0, 0.05) is 19.6 Å². The molecule has 5 nitrogen and oxygen atoms in total. The maximum absolute atomic E-state index is 12.3. The van der Waals surface area contributed by atoms with Gasteiger partial charge in [0.05, 0.1) is 11.7 Å². The zero-order chi connectivity index (χ0) is 16.7. The fraction of sp³-hybridized carbons (Fsp3) is 0.941. The molecule has 2 aliphatic rings. The van der Waals surface area contributed by atoms with Gasteiger partial charge in [-0.05, 0) is 32.1 Å². The summed E-state index contributed by atoms with van der Waals surface area (Å²) in [6.45, 7) is 3.31. The number of sulfonamides is 1. The van der Waals surface area contributed by atoms with E-state index in [-0.39, 0.29) is 17.6 Å². The van der Waals surface area contributed by atoms with Crippen molar-refractivity contribution in [1.29, 1.82) is 0 Å². The number of nitrogens with zero attached hydrogens (tertiary/aromatic N) is 1. The van der Waals surface area contributed by atoms with Gasteiger partial charge in [-0.3, -0.25) is 4.79 Å². The highest BCUT2D eigenvalue weighted by atomic mass is 32.2. The van der Waals surface area contributed by atoms with Gasteiger partial charge < -0.3 is 5.32 Å². The first-order chi connectivity index (χ1) is 11.0. The molecule has 1 saturated heterocycles. The van der Waals surface area contributed by atoms with Crippen molar-refractivity contribution >= 4 is 15.9 Å². The van der Waals surface area contributed by atoms with Crippen LogP contribution >= 0.6 is 0 Å². The Hall–Kier alpha value is -0.620. The van der Waals surface area contributed by atoms with Crippen molar-refractivity contribution < 1.29 is 13.2 Å². The fourth-order valence-corrected chi connectivity index (χ4v) is 4.97. The molecule has 0 radical (unpaired) electrons. The summed E-state index contributed by atoms with van der Waals surface area (Å²) in [4.78, 5) is 12.3. The highest BCUT2D eigenvalue weighted by Crippen LogP contribution is 2.25. The Bertz CT molecular complexity index is 470. The van der Waals surface area contributed by atoms with Crippen LogP contribution in [-0.4, -0.2) is 44.0 Å². The van der Waals surface area contributed by atoms with Gasteiger partial charge in [-0.1, -0.05) is 38.5 Å². The number of amides is 1. The van der Waals surface area contributed by atoms with Crippen LogP contribution in [0.1, 0.15) is 64.7 Å². The number of carbonyl (C=O) groups is 1. The van der Waals surface area contributed by atoms with Gasteiger partial charge in [0.25, 0.3) is 0 Å². The third kappa shape index (κ3) is 5.75. The summed E-state index contributed by atoms with van der Waals surface area (Å²) in [7, 11) is -3.18. The first kappa shape index (κ1) is 18.7. The lowest BCUT2D eigenvalue weighted by molar-refractivity contribution is -0.126. The third-order valence-electron chi connectivity index (χ3n) is 5.34. The van der Waals surface area contributed by atoms with Crippen LogP contribution in [0.2, 0.25) is 0 Å². The van der Waals surface area contributed by atoms with Gasteiger partial charge in [0.2, 0.25) is 15.9 Å². The predicted octanol–water partition coefficient (Wildman–Crippen LogP) is 2.52. The molecule has 1 heterocycles. The Morgan fingerprint density at radius 3 is 2.43 bits per heavy atom. The van der Waals surface area contributed by atoms with E-state index in [0.717, 1.165) is 31.7 Å². The average Bonchev–Trinajstić information content (AvgIpc) is 2.83. The molecule has 23 heavy (non-hydrogen) atoms. The molecule has 134 valence electrons. The minimum Gasteiger partial charge on any atom is -0.356 e. The van der Waals surface area contributed by atoms with Crippen LogP contribution in [0.4, 0.5) is 0 Å². The number of rotatable bonds is 6. The van der Waals surface area contributed by atoms with Crippen LogP contribution in [-0.2, 0) is 14.8 Å². The van der Waals surface area contributed by atoms with Crippen molar-refractivity contribution in [3.05, 3.63) is 0 Å². The van der Waals surface area contributed by atoms with Gasteiger partial charge in [-0.25, -0.2) is 12.7 Å². The van der Waals surface area contributed by atoms with E-state index >= 15 is 0 Å². The molecule has 1 unspecified atom stereocenters. The van der Waals surface area contributed by atoms with Crippen molar-refractivity contribution in [2.45, 2.75) is 64.7 Å². The maximum atomic E-state index is 12.3. The van der Waals surface area contributed by atoms with Crippen molar-refractivity contribution in [2.24, 2.45) is 11.8 Å². The predicted molar refractivity (Wildman–Crippen MR) is 92.6 cm³/mol. The lowest BCUT2D eigenvalue weighted by atomic mass is 9.96. The maximum Gasteiger partial charge on any atom is 0.224 e. The second kappa shape index (κ2) is 9.02. The molecule has 1 atom stereocenters. The molecule has 6 heteroatoms. The first-order valence-corrected chi connectivity index (χ1v) is 10.9. The second-order valence-electron chi connectivity index (χ2n) is 7.04. The zero-order valence-electron chi connectivity index (χ0n) is 14.4. The molecular weight excluding hydrogens is 312 g/mol. The summed E-state index contributed by atoms with van der Waals surface area (Å²) >= 11 is 0. The molecule has 0 aromatic rings. The van der Waals surface area contributed by atoms with Crippen molar-refractivity contribution in [3.8, 4) is 0 Å². The van der Waals surface area contributed by atoms with Gasteiger partial charge in [-0.2, -0.15) is 0 Å². The molecule has 1 aliphatic carbocycles. The lowest BCUT2D eigenvalue weighted by Crippen LogP contribution is -2.46. The van der Waals surface area contributed by atoms with Gasteiger partial charge in [-0.15, -0.1) is 0 Å². The number of carbonyl (C=O) groups excluding carboxylic acids is 1. The van der Waals surface area contributed by atoms with Gasteiger partial charge in [0.15, 0.2) is 0 Å². The second-order valence-corrected chi connectivity index (χ2v) is 9.29. The molecule has 0 spiro atoms. The van der Waals surface area contributed by atoms with Crippen molar-refractivity contribution in [2.75, 3.05) is 25.4 Å². The van der Waals surface area contributed by atoms with Crippen LogP contribution in [0.5, 0.6) is 0 Å². The van der Waals surface area contributed by atoms with E-state index in [1.54, 1.807) is 6.92 Å². The van der Waals surface area contributed by atoms with Crippen LogP contribution in [0.25, 0.3) is 0 Å². The van der Waals surface area contributed by atoms with Crippen molar-refractivity contribution in [3.63, 3.8) is 0 Å². The average molecular weight is 345 g/mol. The van der Waals surface area contributed by atoms with E-state index in [4.69, 9.17) is 0 Å². The van der Waals surface area contributed by atoms with Crippen LogP contribution < -0.4 is 5.32 Å². The van der Waals surface area contributed by atoms with Gasteiger partial charge in [0.1, 0.15) is 0 Å². The molecule has 1 N–H and O–H groups in total. The van der Waals surface area contributed by atoms with E-state index in [0.29, 0.717) is 13.1 Å². The minimum atomic E-state index is -3.18. The lowest BCUT2D eigenvalue weighted by Gasteiger charge is -2.31. The van der Waals surface area contributed by atoms with Crippen LogP contribution in [0, 0.1) is 11.8 Å². The highest BCUT2D eigenvalue weighted by Gasteiger charge is 2.31. The molecule has 0 aromatic carbocycles. The van der Waals surface area contributed by atoms with E-state index in [1.165, 1.54) is 42.8 Å². The Labute approximate surface area is 141 Å². The molecule has 0 aromatic heterocycles. The molecular formula is C17H32N2O3S. The topological polar surface area (TPSA) is 66.5 Å². The molecule has 2 fully saturated rings. The monoisotopic (exact) mass is 344 g/mol. The Kier molecular flexibility index (Phi) is 7.34. The molecule has 2 rings (SSSR count). The highest BCUT2D eigenvalue weighted by molar-refractivity contribution is 7.89. The number of piperidine rings is 1. The molecule has 1 amide bonds. The third-order valence-corrected chi connectivity index (χ3v) is 7.19. The van der Waals surface area contributed by atoms with E-state index < -0.39 is 10.0 Å². The van der Waals surface area contributed by atoms with E-state index in [2.05, 4.69) is 5.32 Å². The first-order valence-electron chi connectivity index (χ1n) is 9.28. The van der Waals surface area contributed by atoms with E-state index in [1.807, 2.05) is 0 Å². The van der Waals surface area contributed by atoms with Crippen LogP contribution in [0.3, 0.4) is 0 Å². The summed E-state index contributed by atoms with van der Waals surface area (Å²) in [6, 6.07) is 0. The van der Waals surface area contributed by atoms with E-state index in [9.17, 15) is 13.2 Å². The number of nitrogens with one attached hydrogen (secondary N) is 1. The fourth-order valence-electron chi connectivity index (χ4n) is 3.79. The number of hydrogen-bond acceptors (Lipinski definition) is 3. The van der Waals surface area contributed by atoms with Gasteiger partial charge >= 0.3 is 0 Å².